The minimum absolute atomic E-state index is 0.491. The van der Waals surface area contributed by atoms with Gasteiger partial charge in [-0.25, -0.2) is 15.3 Å². The summed E-state index contributed by atoms with van der Waals surface area (Å²) in [5.74, 6) is 0.662. The van der Waals surface area contributed by atoms with Gasteiger partial charge in [0.05, 0.1) is 5.55 Å². The molecule has 0 aromatic carbocycles. The van der Waals surface area contributed by atoms with Gasteiger partial charge in [0, 0.05) is 0 Å². The number of hydrazone groups is 1. The van der Waals surface area contributed by atoms with Crippen LogP contribution >= 0.6 is 11.8 Å². The number of hydrogen-bond donors (Lipinski definition) is 2. The van der Waals surface area contributed by atoms with E-state index in [0.717, 1.165) is 0 Å². The topological polar surface area (TPSA) is 66.0 Å². The molecule has 0 spiro atoms. The van der Waals surface area contributed by atoms with Gasteiger partial charge in [0.2, 0.25) is 0 Å². The lowest BCUT2D eigenvalue weighted by atomic mass is 10.2. The van der Waals surface area contributed by atoms with Crippen molar-refractivity contribution in [2.45, 2.75) is 26.4 Å². The molecule has 1 amide bonds. The number of carbonyl (C=O) groups is 1. The van der Waals surface area contributed by atoms with E-state index in [1.807, 2.05) is 0 Å². The van der Waals surface area contributed by atoms with Crippen LogP contribution in [-0.2, 0) is 4.74 Å². The van der Waals surface area contributed by atoms with Gasteiger partial charge in [0.1, 0.15) is 11.5 Å². The molecule has 0 saturated heterocycles. The summed E-state index contributed by atoms with van der Waals surface area (Å²) in [7, 11) is 0. The quantitative estimate of drug-likeness (QED) is 0.673. The minimum atomic E-state index is -0.524. The number of hydrogen-bond acceptors (Lipinski definition) is 6. The van der Waals surface area contributed by atoms with E-state index in [1.165, 1.54) is 16.9 Å². The van der Waals surface area contributed by atoms with Crippen LogP contribution in [0, 0.1) is 0 Å². The molecule has 1 rings (SSSR count). The van der Waals surface area contributed by atoms with E-state index < -0.39 is 11.7 Å². The van der Waals surface area contributed by atoms with Crippen LogP contribution in [0.3, 0.4) is 0 Å². The molecule has 1 heterocycles. The van der Waals surface area contributed by atoms with Gasteiger partial charge in [-0.3, -0.25) is 0 Å². The van der Waals surface area contributed by atoms with Gasteiger partial charge < -0.3 is 4.74 Å². The molecule has 2 N–H and O–H groups in total. The van der Waals surface area contributed by atoms with Gasteiger partial charge >= 0.3 is 6.09 Å². The van der Waals surface area contributed by atoms with E-state index in [-0.39, 0.29) is 0 Å². The fourth-order valence-corrected chi connectivity index (χ4v) is 1.22. The Bertz CT molecular complexity index is 238. The smallest absolute Gasteiger partial charge is 0.423 e. The molecular formula is C7H14N4O2S. The van der Waals surface area contributed by atoms with Gasteiger partial charge in [-0.05, 0) is 20.8 Å². The third-order valence-corrected chi connectivity index (χ3v) is 1.78. The summed E-state index contributed by atoms with van der Waals surface area (Å²) in [6.07, 6.45) is -0.524. The maximum Gasteiger partial charge on any atom is 0.423 e. The van der Waals surface area contributed by atoms with Crippen molar-refractivity contribution in [3.63, 3.8) is 0 Å². The van der Waals surface area contributed by atoms with Gasteiger partial charge in [-0.1, -0.05) is 11.8 Å². The molecule has 0 aliphatic carbocycles. The summed E-state index contributed by atoms with van der Waals surface area (Å²) in [4.78, 5) is 11.1. The van der Waals surface area contributed by atoms with Crippen LogP contribution in [0.25, 0.3) is 0 Å². The lowest BCUT2D eigenvalue weighted by Gasteiger charge is -2.21. The fourth-order valence-electron chi connectivity index (χ4n) is 0.702. The Morgan fingerprint density at radius 2 is 2.36 bits per heavy atom. The summed E-state index contributed by atoms with van der Waals surface area (Å²) in [5.41, 5.74) is 6.16. The standard InChI is InChI=1S/C7H14N4O2S/c1-7(2,3)13-6(12)9-10-11-5-14-4-8-11/h4,10H,5H2,1-3H3,(H,9,12). The number of carbonyl (C=O) groups excluding carboxylic acids is 1. The van der Waals surface area contributed by atoms with Crippen molar-refractivity contribution in [2.75, 3.05) is 5.88 Å². The third kappa shape index (κ3) is 4.33. The predicted molar refractivity (Wildman–Crippen MR) is 55.3 cm³/mol. The molecule has 0 atom stereocenters. The zero-order valence-electron chi connectivity index (χ0n) is 8.40. The van der Waals surface area contributed by atoms with Crippen molar-refractivity contribution in [3.05, 3.63) is 0 Å². The van der Waals surface area contributed by atoms with Crippen LogP contribution < -0.4 is 11.0 Å². The SMILES string of the molecule is CC(C)(C)OC(=O)NNN1CSC=N1. The van der Waals surface area contributed by atoms with Crippen molar-refractivity contribution < 1.29 is 9.53 Å². The molecule has 0 radical (unpaired) electrons. The maximum atomic E-state index is 11.1. The van der Waals surface area contributed by atoms with Gasteiger partial charge in [0.25, 0.3) is 0 Å². The zero-order valence-corrected chi connectivity index (χ0v) is 9.22. The maximum absolute atomic E-state index is 11.1. The Morgan fingerprint density at radius 3 is 2.86 bits per heavy atom. The number of amides is 1. The number of nitrogens with zero attached hydrogens (tertiary/aromatic N) is 2. The summed E-state index contributed by atoms with van der Waals surface area (Å²) >= 11 is 1.53. The second-order valence-corrected chi connectivity index (χ2v) is 4.46. The molecule has 0 saturated carbocycles. The molecule has 0 bridgehead atoms. The number of thioether (sulfide) groups is 1. The van der Waals surface area contributed by atoms with Crippen LogP contribution in [0.1, 0.15) is 20.8 Å². The molecule has 14 heavy (non-hydrogen) atoms. The minimum Gasteiger partial charge on any atom is -0.443 e. The largest absolute Gasteiger partial charge is 0.443 e. The Morgan fingerprint density at radius 1 is 1.64 bits per heavy atom. The summed E-state index contributed by atoms with van der Waals surface area (Å²) in [6, 6.07) is 0. The zero-order chi connectivity index (χ0) is 10.6. The highest BCUT2D eigenvalue weighted by atomic mass is 32.2. The van der Waals surface area contributed by atoms with E-state index in [4.69, 9.17) is 4.74 Å². The molecule has 80 valence electrons. The van der Waals surface area contributed by atoms with Crippen molar-refractivity contribution >= 4 is 23.4 Å². The average molecular weight is 218 g/mol. The first-order valence-corrected chi connectivity index (χ1v) is 5.18. The number of ether oxygens (including phenoxy) is 1. The second kappa shape index (κ2) is 4.52. The van der Waals surface area contributed by atoms with Crippen LogP contribution in [-0.4, -0.2) is 28.2 Å². The highest BCUT2D eigenvalue weighted by Gasteiger charge is 2.16. The van der Waals surface area contributed by atoms with Crippen LogP contribution in [0.2, 0.25) is 0 Å². The summed E-state index contributed by atoms with van der Waals surface area (Å²) in [5, 5.41) is 5.39. The van der Waals surface area contributed by atoms with Crippen LogP contribution in [0.4, 0.5) is 4.79 Å². The lowest BCUT2D eigenvalue weighted by Crippen LogP contribution is -2.47. The molecule has 0 fully saturated rings. The first-order chi connectivity index (χ1) is 6.47. The third-order valence-electron chi connectivity index (χ3n) is 1.14. The van der Waals surface area contributed by atoms with Crippen molar-refractivity contribution in [1.82, 2.24) is 16.1 Å². The fraction of sp³-hybridized carbons (Fsp3) is 0.714. The van der Waals surface area contributed by atoms with E-state index in [9.17, 15) is 4.79 Å². The summed E-state index contributed by atoms with van der Waals surface area (Å²) in [6.45, 7) is 5.41. The second-order valence-electron chi connectivity index (χ2n) is 3.65. The normalized spacial score (nSPS) is 15.8. The van der Waals surface area contributed by atoms with Gasteiger partial charge in [0.15, 0.2) is 0 Å². The first kappa shape index (κ1) is 11.1. The highest BCUT2D eigenvalue weighted by Crippen LogP contribution is 2.07. The molecule has 1 aliphatic heterocycles. The van der Waals surface area contributed by atoms with E-state index in [1.54, 1.807) is 26.3 Å². The van der Waals surface area contributed by atoms with E-state index in [0.29, 0.717) is 5.88 Å². The van der Waals surface area contributed by atoms with E-state index >= 15 is 0 Å². The van der Waals surface area contributed by atoms with Gasteiger partial charge in [-0.15, -0.1) is 5.53 Å². The van der Waals surface area contributed by atoms with Crippen molar-refractivity contribution in [3.8, 4) is 0 Å². The van der Waals surface area contributed by atoms with Crippen LogP contribution in [0.5, 0.6) is 0 Å². The Balaban J connectivity index is 2.18. The Hall–Kier alpha value is -0.950. The van der Waals surface area contributed by atoms with Gasteiger partial charge in [-0.2, -0.15) is 5.10 Å². The van der Waals surface area contributed by atoms with E-state index in [2.05, 4.69) is 16.1 Å². The summed E-state index contributed by atoms with van der Waals surface area (Å²) < 4.78 is 5.00. The monoisotopic (exact) mass is 218 g/mol. The molecule has 6 nitrogen and oxygen atoms in total. The molecule has 0 aromatic rings. The van der Waals surface area contributed by atoms with Crippen LogP contribution in [0.15, 0.2) is 5.10 Å². The molecule has 0 aromatic heterocycles. The Kier molecular flexibility index (Phi) is 3.59. The lowest BCUT2D eigenvalue weighted by molar-refractivity contribution is 0.0413. The number of nitrogens with one attached hydrogen (secondary N) is 2. The predicted octanol–water partition coefficient (Wildman–Crippen LogP) is 0.880. The molecule has 0 unspecified atom stereocenters. The average Bonchev–Trinajstić information content (AvgIpc) is 2.49. The first-order valence-electron chi connectivity index (χ1n) is 4.13. The molecular weight excluding hydrogens is 204 g/mol. The highest BCUT2D eigenvalue weighted by molar-refractivity contribution is 8.12. The number of rotatable bonds is 2. The molecule has 1 aliphatic rings. The van der Waals surface area contributed by atoms with Crippen molar-refractivity contribution in [1.29, 1.82) is 0 Å². The molecule has 7 heteroatoms. The Labute approximate surface area is 87.0 Å². The number of hydrazine groups is 2. The van der Waals surface area contributed by atoms with Crippen molar-refractivity contribution in [2.24, 2.45) is 5.10 Å².